The smallest absolute Gasteiger partial charge is 0.339 e. The van der Waals surface area contributed by atoms with Crippen LogP contribution in [0.1, 0.15) is 51.2 Å². The van der Waals surface area contributed by atoms with E-state index < -0.39 is 17.4 Å². The molecular weight excluding hydrogens is 387 g/mol. The van der Waals surface area contributed by atoms with E-state index in [2.05, 4.69) is 20.8 Å². The summed E-state index contributed by atoms with van der Waals surface area (Å²) in [5.41, 5.74) is 2.31. The first-order valence-corrected chi connectivity index (χ1v) is 14.2. The van der Waals surface area contributed by atoms with E-state index >= 15 is 0 Å². The molecule has 5 heteroatoms. The molecule has 0 spiro atoms. The summed E-state index contributed by atoms with van der Waals surface area (Å²) in [6.45, 7) is 8.78. The molecule has 0 unspecified atom stereocenters. The van der Waals surface area contributed by atoms with Crippen LogP contribution in [0, 0.1) is 6.92 Å². The third kappa shape index (κ3) is 6.32. The molecule has 0 heterocycles. The van der Waals surface area contributed by atoms with Crippen molar-refractivity contribution < 1.29 is 12.6 Å². The lowest BCUT2D eigenvalue weighted by Gasteiger charge is -2.27. The van der Waals surface area contributed by atoms with Crippen LogP contribution < -0.4 is 4.18 Å². The molecule has 0 fully saturated rings. The van der Waals surface area contributed by atoms with Crippen molar-refractivity contribution >= 4 is 17.4 Å². The highest BCUT2D eigenvalue weighted by molar-refractivity contribution is 7.87. The van der Waals surface area contributed by atoms with E-state index in [1.165, 1.54) is 43.3 Å². The Morgan fingerprint density at radius 1 is 0.786 bits per heavy atom. The SMILES string of the molecule is CCC[P+](CCC)(CCC)Cc1ccc(OS(=O)(=O)c2ccc(C)cc2)cc1. The predicted molar refractivity (Wildman–Crippen MR) is 122 cm³/mol. The first kappa shape index (κ1) is 22.9. The fraction of sp³-hybridized carbons (Fsp3) is 0.478. The maximum Gasteiger partial charge on any atom is 0.339 e. The number of hydrogen-bond donors (Lipinski definition) is 0. The summed E-state index contributed by atoms with van der Waals surface area (Å²) >= 11 is 0. The fourth-order valence-corrected chi connectivity index (χ4v) is 9.82. The van der Waals surface area contributed by atoms with Gasteiger partial charge < -0.3 is 4.18 Å². The highest BCUT2D eigenvalue weighted by Gasteiger charge is 2.34. The van der Waals surface area contributed by atoms with Crippen LogP contribution in [-0.2, 0) is 16.3 Å². The maximum atomic E-state index is 12.5. The third-order valence-corrected chi connectivity index (χ3v) is 11.5. The van der Waals surface area contributed by atoms with Crippen molar-refractivity contribution in [2.45, 2.75) is 58.0 Å². The van der Waals surface area contributed by atoms with Crippen molar-refractivity contribution in [1.29, 1.82) is 0 Å². The van der Waals surface area contributed by atoms with E-state index in [0.29, 0.717) is 5.75 Å². The Morgan fingerprint density at radius 3 is 1.75 bits per heavy atom. The summed E-state index contributed by atoms with van der Waals surface area (Å²) < 4.78 is 30.3. The van der Waals surface area contributed by atoms with Crippen molar-refractivity contribution in [2.24, 2.45) is 0 Å². The molecule has 0 saturated carbocycles. The zero-order valence-corrected chi connectivity index (χ0v) is 19.4. The Bertz CT molecular complexity index is 810. The maximum absolute atomic E-state index is 12.5. The first-order chi connectivity index (χ1) is 13.3. The summed E-state index contributed by atoms with van der Waals surface area (Å²) in [6, 6.07) is 14.4. The quantitative estimate of drug-likeness (QED) is 0.307. The topological polar surface area (TPSA) is 43.4 Å². The second-order valence-corrected chi connectivity index (χ2v) is 13.6. The van der Waals surface area contributed by atoms with Crippen LogP contribution in [-0.4, -0.2) is 26.9 Å². The highest BCUT2D eigenvalue weighted by atomic mass is 32.2. The van der Waals surface area contributed by atoms with Gasteiger partial charge in [-0.2, -0.15) is 8.42 Å². The summed E-state index contributed by atoms with van der Waals surface area (Å²) in [6.07, 6.45) is 8.89. The zero-order chi connectivity index (χ0) is 20.6. The minimum Gasteiger partial charge on any atom is -0.379 e. The molecule has 0 atom stereocenters. The molecule has 3 nitrogen and oxygen atoms in total. The molecule has 2 aromatic rings. The summed E-state index contributed by atoms with van der Waals surface area (Å²) in [4.78, 5) is 0.181. The van der Waals surface area contributed by atoms with Crippen LogP contribution in [0.5, 0.6) is 5.75 Å². The van der Waals surface area contributed by atoms with Gasteiger partial charge in [-0.25, -0.2) is 0 Å². The van der Waals surface area contributed by atoms with Gasteiger partial charge in [-0.05, 0) is 56.0 Å². The van der Waals surface area contributed by atoms with Crippen LogP contribution in [0.2, 0.25) is 0 Å². The molecule has 0 radical (unpaired) electrons. The lowest BCUT2D eigenvalue weighted by atomic mass is 10.2. The van der Waals surface area contributed by atoms with Crippen molar-refractivity contribution in [2.75, 3.05) is 18.5 Å². The van der Waals surface area contributed by atoms with Gasteiger partial charge in [-0.15, -0.1) is 0 Å². The molecule has 0 bridgehead atoms. The average molecular weight is 422 g/mol. The first-order valence-electron chi connectivity index (χ1n) is 10.3. The molecule has 0 N–H and O–H groups in total. The normalized spacial score (nSPS) is 12.1. The van der Waals surface area contributed by atoms with Crippen LogP contribution in [0.3, 0.4) is 0 Å². The minimum absolute atomic E-state index is 0.181. The van der Waals surface area contributed by atoms with Gasteiger partial charge >= 0.3 is 10.1 Å². The van der Waals surface area contributed by atoms with Gasteiger partial charge in [-0.3, -0.25) is 0 Å². The van der Waals surface area contributed by atoms with Crippen molar-refractivity contribution in [3.05, 3.63) is 59.7 Å². The van der Waals surface area contributed by atoms with E-state index in [1.807, 2.05) is 19.1 Å². The van der Waals surface area contributed by atoms with Gasteiger partial charge in [0.15, 0.2) is 0 Å². The van der Waals surface area contributed by atoms with Gasteiger partial charge in [0.05, 0.1) is 24.6 Å². The molecule has 0 saturated heterocycles. The van der Waals surface area contributed by atoms with Crippen LogP contribution in [0.25, 0.3) is 0 Å². The van der Waals surface area contributed by atoms with E-state index in [1.54, 1.807) is 36.4 Å². The van der Waals surface area contributed by atoms with Gasteiger partial charge in [-0.1, -0.05) is 50.6 Å². The van der Waals surface area contributed by atoms with Gasteiger partial charge in [0, 0.05) is 7.26 Å². The summed E-state index contributed by atoms with van der Waals surface area (Å²) in [5.74, 6) is 0.370. The Balaban J connectivity index is 2.14. The van der Waals surface area contributed by atoms with Crippen LogP contribution in [0.4, 0.5) is 0 Å². The summed E-state index contributed by atoms with van der Waals surface area (Å²) in [5, 5.41) is 0. The molecule has 0 amide bonds. The van der Waals surface area contributed by atoms with E-state index in [-0.39, 0.29) is 4.90 Å². The van der Waals surface area contributed by atoms with Crippen molar-refractivity contribution in [3.8, 4) is 5.75 Å². The lowest BCUT2D eigenvalue weighted by Crippen LogP contribution is -2.11. The van der Waals surface area contributed by atoms with Gasteiger partial charge in [0.2, 0.25) is 0 Å². The van der Waals surface area contributed by atoms with Crippen LogP contribution in [0.15, 0.2) is 53.4 Å². The van der Waals surface area contributed by atoms with Gasteiger partial charge in [0.1, 0.15) is 10.6 Å². The molecule has 154 valence electrons. The van der Waals surface area contributed by atoms with E-state index in [9.17, 15) is 8.42 Å². The Kier molecular flexibility index (Phi) is 8.52. The van der Waals surface area contributed by atoms with E-state index in [4.69, 9.17) is 4.18 Å². The monoisotopic (exact) mass is 421 g/mol. The second kappa shape index (κ2) is 10.4. The molecule has 2 rings (SSSR count). The number of benzene rings is 2. The molecule has 28 heavy (non-hydrogen) atoms. The molecule has 0 aliphatic carbocycles. The largest absolute Gasteiger partial charge is 0.379 e. The van der Waals surface area contributed by atoms with Gasteiger partial charge in [0.25, 0.3) is 0 Å². The summed E-state index contributed by atoms with van der Waals surface area (Å²) in [7, 11) is -4.78. The standard InChI is InChI=1S/C23H34O3PS/c1-5-16-27(17-6-2,18-7-3)19-21-10-12-22(13-11-21)26-28(24,25)23-14-8-20(4)9-15-23/h8-15H,5-7,16-19H2,1-4H3/q+1. The van der Waals surface area contributed by atoms with Crippen molar-refractivity contribution in [3.63, 3.8) is 0 Å². The zero-order valence-electron chi connectivity index (χ0n) is 17.6. The second-order valence-electron chi connectivity index (χ2n) is 7.67. The van der Waals surface area contributed by atoms with Crippen molar-refractivity contribution in [1.82, 2.24) is 0 Å². The Morgan fingerprint density at radius 2 is 1.29 bits per heavy atom. The molecule has 0 aliphatic rings. The predicted octanol–water partition coefficient (Wildman–Crippen LogP) is 6.51. The highest BCUT2D eigenvalue weighted by Crippen LogP contribution is 2.62. The van der Waals surface area contributed by atoms with E-state index in [0.717, 1.165) is 11.7 Å². The number of rotatable bonds is 11. The van der Waals surface area contributed by atoms with Crippen LogP contribution >= 0.6 is 7.26 Å². The average Bonchev–Trinajstić information content (AvgIpc) is 2.64. The Labute approximate surface area is 172 Å². The number of hydrogen-bond acceptors (Lipinski definition) is 3. The molecule has 0 aliphatic heterocycles. The molecule has 0 aromatic heterocycles. The minimum atomic E-state index is -3.80. The lowest BCUT2D eigenvalue weighted by molar-refractivity contribution is 0.486. The fourth-order valence-electron chi connectivity index (χ4n) is 3.91. The molecular formula is C23H34O3PS+. The molecule has 2 aromatic carbocycles. The Hall–Kier alpha value is -1.38. The number of aryl methyl sites for hydroxylation is 1. The third-order valence-electron chi connectivity index (χ3n) is 5.05.